The van der Waals surface area contributed by atoms with E-state index >= 15 is 0 Å². The third kappa shape index (κ3) is 4.61. The van der Waals surface area contributed by atoms with E-state index < -0.39 is 0 Å². The first-order valence-corrected chi connectivity index (χ1v) is 11.2. The predicted octanol–water partition coefficient (Wildman–Crippen LogP) is 4.22. The zero-order chi connectivity index (χ0) is 21.0. The quantitative estimate of drug-likeness (QED) is 0.608. The van der Waals surface area contributed by atoms with Crippen LogP contribution in [0.25, 0.3) is 0 Å². The molecule has 1 saturated carbocycles. The second-order valence-corrected chi connectivity index (χ2v) is 8.54. The SMILES string of the molecule is O=C(CC(c1ccccc1)c1ccccc1)N1CCN(c2ccc(C3CC3)nn2)CC1. The minimum Gasteiger partial charge on any atom is -0.352 e. The second-order valence-electron chi connectivity index (χ2n) is 8.54. The van der Waals surface area contributed by atoms with Crippen LogP contribution in [0.1, 0.15) is 47.9 Å². The van der Waals surface area contributed by atoms with Crippen molar-refractivity contribution in [3.63, 3.8) is 0 Å². The Morgan fingerprint density at radius 1 is 0.806 bits per heavy atom. The topological polar surface area (TPSA) is 49.3 Å². The van der Waals surface area contributed by atoms with Gasteiger partial charge in [-0.05, 0) is 36.1 Å². The Kier molecular flexibility index (Phi) is 5.65. The Labute approximate surface area is 183 Å². The lowest BCUT2D eigenvalue weighted by atomic mass is 9.88. The molecule has 1 aliphatic carbocycles. The average Bonchev–Trinajstić information content (AvgIpc) is 3.69. The normalized spacial score (nSPS) is 16.5. The van der Waals surface area contributed by atoms with E-state index in [1.165, 1.54) is 24.0 Å². The molecule has 158 valence electrons. The number of carbonyl (C=O) groups is 1. The summed E-state index contributed by atoms with van der Waals surface area (Å²) in [5, 5.41) is 8.84. The Hall–Kier alpha value is -3.21. The molecule has 0 atom stereocenters. The summed E-state index contributed by atoms with van der Waals surface area (Å²) >= 11 is 0. The molecule has 0 unspecified atom stereocenters. The number of benzene rings is 2. The third-order valence-corrected chi connectivity index (χ3v) is 6.41. The lowest BCUT2D eigenvalue weighted by Crippen LogP contribution is -2.49. The van der Waals surface area contributed by atoms with Crippen molar-refractivity contribution < 1.29 is 4.79 Å². The fourth-order valence-electron chi connectivity index (χ4n) is 4.39. The van der Waals surface area contributed by atoms with Crippen LogP contribution in [0, 0.1) is 0 Å². The fourth-order valence-corrected chi connectivity index (χ4v) is 4.39. The van der Waals surface area contributed by atoms with Gasteiger partial charge in [0, 0.05) is 44.4 Å². The van der Waals surface area contributed by atoms with E-state index in [0.29, 0.717) is 12.3 Å². The summed E-state index contributed by atoms with van der Waals surface area (Å²) in [6.45, 7) is 3.04. The number of aromatic nitrogens is 2. The molecule has 1 amide bonds. The van der Waals surface area contributed by atoms with E-state index in [0.717, 1.165) is 37.7 Å². The molecule has 5 rings (SSSR count). The molecule has 2 heterocycles. The molecule has 0 spiro atoms. The molecule has 1 saturated heterocycles. The minimum absolute atomic E-state index is 0.0776. The van der Waals surface area contributed by atoms with Crippen LogP contribution in [0.5, 0.6) is 0 Å². The van der Waals surface area contributed by atoms with Crippen LogP contribution in [0.4, 0.5) is 5.82 Å². The number of anilines is 1. The summed E-state index contributed by atoms with van der Waals surface area (Å²) in [7, 11) is 0. The largest absolute Gasteiger partial charge is 0.352 e. The van der Waals surface area contributed by atoms with Crippen LogP contribution >= 0.6 is 0 Å². The van der Waals surface area contributed by atoms with Crippen LogP contribution in [0.15, 0.2) is 72.8 Å². The lowest BCUT2D eigenvalue weighted by molar-refractivity contribution is -0.131. The second kappa shape index (κ2) is 8.88. The predicted molar refractivity (Wildman–Crippen MR) is 122 cm³/mol. The molecular weight excluding hydrogens is 384 g/mol. The summed E-state index contributed by atoms with van der Waals surface area (Å²) in [6.07, 6.45) is 2.97. The number of rotatable bonds is 6. The standard InChI is InChI=1S/C26H28N4O/c31-26(19-23(20-7-3-1-4-8-20)21-9-5-2-6-10-21)30-17-15-29(16-18-30)25-14-13-24(27-28-25)22-11-12-22/h1-10,13-14,22-23H,11-12,15-19H2. The summed E-state index contributed by atoms with van der Waals surface area (Å²) in [4.78, 5) is 17.4. The highest BCUT2D eigenvalue weighted by Crippen LogP contribution is 2.38. The minimum atomic E-state index is 0.0776. The maximum absolute atomic E-state index is 13.2. The van der Waals surface area contributed by atoms with Gasteiger partial charge in [0.1, 0.15) is 0 Å². The van der Waals surface area contributed by atoms with E-state index in [2.05, 4.69) is 51.5 Å². The van der Waals surface area contributed by atoms with Crippen molar-refractivity contribution in [2.75, 3.05) is 31.1 Å². The molecule has 2 aromatic carbocycles. The highest BCUT2D eigenvalue weighted by atomic mass is 16.2. The maximum Gasteiger partial charge on any atom is 0.223 e. The lowest BCUT2D eigenvalue weighted by Gasteiger charge is -2.36. The van der Waals surface area contributed by atoms with E-state index in [1.54, 1.807) is 0 Å². The van der Waals surface area contributed by atoms with Crippen molar-refractivity contribution in [1.29, 1.82) is 0 Å². The van der Waals surface area contributed by atoms with Crippen LogP contribution < -0.4 is 4.90 Å². The van der Waals surface area contributed by atoms with Crippen molar-refractivity contribution in [2.24, 2.45) is 0 Å². The van der Waals surface area contributed by atoms with Gasteiger partial charge in [-0.25, -0.2) is 0 Å². The van der Waals surface area contributed by atoms with Gasteiger partial charge in [-0.2, -0.15) is 5.10 Å². The van der Waals surface area contributed by atoms with E-state index in [4.69, 9.17) is 0 Å². The first-order valence-electron chi connectivity index (χ1n) is 11.2. The molecule has 5 nitrogen and oxygen atoms in total. The summed E-state index contributed by atoms with van der Waals surface area (Å²) in [6, 6.07) is 24.9. The van der Waals surface area contributed by atoms with E-state index in [9.17, 15) is 4.79 Å². The molecule has 0 bridgehead atoms. The summed E-state index contributed by atoms with van der Waals surface area (Å²) in [5.41, 5.74) is 3.49. The van der Waals surface area contributed by atoms with Crippen molar-refractivity contribution in [3.05, 3.63) is 89.6 Å². The molecule has 0 N–H and O–H groups in total. The highest BCUT2D eigenvalue weighted by Gasteiger charge is 2.27. The average molecular weight is 413 g/mol. The maximum atomic E-state index is 13.2. The van der Waals surface area contributed by atoms with Gasteiger partial charge < -0.3 is 9.80 Å². The van der Waals surface area contributed by atoms with Gasteiger partial charge in [0.2, 0.25) is 5.91 Å². The van der Waals surface area contributed by atoms with Gasteiger partial charge in [-0.15, -0.1) is 5.10 Å². The smallest absolute Gasteiger partial charge is 0.223 e. The first kappa shape index (κ1) is 19.7. The van der Waals surface area contributed by atoms with Gasteiger partial charge >= 0.3 is 0 Å². The fraction of sp³-hybridized carbons (Fsp3) is 0.346. The molecular formula is C26H28N4O. The number of hydrogen-bond donors (Lipinski definition) is 0. The van der Waals surface area contributed by atoms with Crippen molar-refractivity contribution >= 4 is 11.7 Å². The van der Waals surface area contributed by atoms with Crippen LogP contribution in [0.3, 0.4) is 0 Å². The number of carbonyl (C=O) groups excluding carboxylic acids is 1. The van der Waals surface area contributed by atoms with Crippen molar-refractivity contribution in [1.82, 2.24) is 15.1 Å². The van der Waals surface area contributed by atoms with E-state index in [-0.39, 0.29) is 11.8 Å². The zero-order valence-electron chi connectivity index (χ0n) is 17.7. The van der Waals surface area contributed by atoms with Crippen molar-refractivity contribution in [3.8, 4) is 0 Å². The Balaban J connectivity index is 1.23. The van der Waals surface area contributed by atoms with Crippen LogP contribution in [-0.2, 0) is 4.79 Å². The number of nitrogens with zero attached hydrogens (tertiary/aromatic N) is 4. The molecule has 3 aromatic rings. The summed E-state index contributed by atoms with van der Waals surface area (Å²) in [5.74, 6) is 1.84. The van der Waals surface area contributed by atoms with E-state index in [1.807, 2.05) is 41.3 Å². The third-order valence-electron chi connectivity index (χ3n) is 6.41. The molecule has 5 heteroatoms. The molecule has 31 heavy (non-hydrogen) atoms. The Morgan fingerprint density at radius 2 is 1.42 bits per heavy atom. The number of hydrogen-bond acceptors (Lipinski definition) is 4. The summed E-state index contributed by atoms with van der Waals surface area (Å²) < 4.78 is 0. The number of piperazine rings is 1. The van der Waals surface area contributed by atoms with Gasteiger partial charge in [0.25, 0.3) is 0 Å². The molecule has 2 fully saturated rings. The first-order chi connectivity index (χ1) is 15.3. The zero-order valence-corrected chi connectivity index (χ0v) is 17.7. The van der Waals surface area contributed by atoms with Gasteiger partial charge in [-0.1, -0.05) is 60.7 Å². The van der Waals surface area contributed by atoms with Gasteiger partial charge in [-0.3, -0.25) is 4.79 Å². The monoisotopic (exact) mass is 412 g/mol. The Bertz CT molecular complexity index is 955. The van der Waals surface area contributed by atoms with Crippen molar-refractivity contribution in [2.45, 2.75) is 31.1 Å². The molecule has 1 aliphatic heterocycles. The molecule has 1 aromatic heterocycles. The van der Waals surface area contributed by atoms with Gasteiger partial charge in [0.15, 0.2) is 5.82 Å². The molecule has 2 aliphatic rings. The highest BCUT2D eigenvalue weighted by molar-refractivity contribution is 5.78. The molecule has 0 radical (unpaired) electrons. The van der Waals surface area contributed by atoms with Crippen LogP contribution in [-0.4, -0.2) is 47.2 Å². The van der Waals surface area contributed by atoms with Gasteiger partial charge in [0.05, 0.1) is 5.69 Å². The van der Waals surface area contributed by atoms with Crippen LogP contribution in [0.2, 0.25) is 0 Å². The number of amides is 1. The Morgan fingerprint density at radius 3 is 1.94 bits per heavy atom.